The predicted octanol–water partition coefficient (Wildman–Crippen LogP) is 2.54. The number of benzene rings is 3. The SMILES string of the molecule is OB(O)c1ccc(OCc2ccccc2)c(Cc2ccccc2)c1. The molecule has 0 bridgehead atoms. The van der Waals surface area contributed by atoms with Gasteiger partial charge in [0.05, 0.1) is 0 Å². The lowest BCUT2D eigenvalue weighted by molar-refractivity contribution is 0.303. The first-order valence-electron chi connectivity index (χ1n) is 7.92. The van der Waals surface area contributed by atoms with E-state index in [0.717, 1.165) is 22.4 Å². The second kappa shape index (κ2) is 7.82. The van der Waals surface area contributed by atoms with E-state index >= 15 is 0 Å². The van der Waals surface area contributed by atoms with Crippen molar-refractivity contribution in [1.29, 1.82) is 0 Å². The summed E-state index contributed by atoms with van der Waals surface area (Å²) in [6, 6.07) is 25.3. The molecule has 2 N–H and O–H groups in total. The lowest BCUT2D eigenvalue weighted by atomic mass is 9.79. The first-order chi connectivity index (χ1) is 11.7. The van der Waals surface area contributed by atoms with Crippen molar-refractivity contribution in [2.24, 2.45) is 0 Å². The van der Waals surface area contributed by atoms with Crippen LogP contribution in [0.4, 0.5) is 0 Å². The van der Waals surface area contributed by atoms with Gasteiger partial charge in [0, 0.05) is 6.42 Å². The molecule has 0 aliphatic rings. The van der Waals surface area contributed by atoms with E-state index < -0.39 is 7.12 Å². The highest BCUT2D eigenvalue weighted by atomic mass is 16.5. The zero-order chi connectivity index (χ0) is 16.8. The fourth-order valence-corrected chi connectivity index (χ4v) is 2.59. The smallest absolute Gasteiger partial charge is 0.488 e. The maximum absolute atomic E-state index is 9.43. The van der Waals surface area contributed by atoms with Crippen molar-refractivity contribution in [1.82, 2.24) is 0 Å². The van der Waals surface area contributed by atoms with Crippen LogP contribution in [-0.2, 0) is 13.0 Å². The van der Waals surface area contributed by atoms with Crippen LogP contribution in [0.1, 0.15) is 16.7 Å². The molecule has 0 fully saturated rings. The zero-order valence-corrected chi connectivity index (χ0v) is 13.3. The van der Waals surface area contributed by atoms with Gasteiger partial charge in [0.2, 0.25) is 0 Å². The Morgan fingerprint density at radius 3 is 2.00 bits per heavy atom. The highest BCUT2D eigenvalue weighted by molar-refractivity contribution is 6.58. The molecule has 3 aromatic carbocycles. The van der Waals surface area contributed by atoms with E-state index in [1.807, 2.05) is 60.7 Å². The summed E-state index contributed by atoms with van der Waals surface area (Å²) < 4.78 is 5.97. The lowest BCUT2D eigenvalue weighted by Crippen LogP contribution is -2.30. The van der Waals surface area contributed by atoms with Crippen molar-refractivity contribution in [3.63, 3.8) is 0 Å². The largest absolute Gasteiger partial charge is 0.489 e. The molecule has 3 nitrogen and oxygen atoms in total. The van der Waals surface area contributed by atoms with Gasteiger partial charge in [0.25, 0.3) is 0 Å². The summed E-state index contributed by atoms with van der Waals surface area (Å²) in [6.45, 7) is 0.476. The fourth-order valence-electron chi connectivity index (χ4n) is 2.59. The molecule has 120 valence electrons. The van der Waals surface area contributed by atoms with Crippen molar-refractivity contribution < 1.29 is 14.8 Å². The summed E-state index contributed by atoms with van der Waals surface area (Å²) >= 11 is 0. The molecule has 0 radical (unpaired) electrons. The van der Waals surface area contributed by atoms with Crippen LogP contribution in [0.5, 0.6) is 5.75 Å². The van der Waals surface area contributed by atoms with Crippen LogP contribution in [0, 0.1) is 0 Å². The molecule has 3 aromatic rings. The summed E-state index contributed by atoms with van der Waals surface area (Å²) in [5.74, 6) is 0.757. The monoisotopic (exact) mass is 318 g/mol. The number of hydrogen-bond donors (Lipinski definition) is 2. The van der Waals surface area contributed by atoms with Gasteiger partial charge in [0.1, 0.15) is 12.4 Å². The number of hydrogen-bond acceptors (Lipinski definition) is 3. The summed E-state index contributed by atoms with van der Waals surface area (Å²) in [5, 5.41) is 18.9. The van der Waals surface area contributed by atoms with Gasteiger partial charge in [0.15, 0.2) is 0 Å². The van der Waals surface area contributed by atoms with Crippen LogP contribution in [0.2, 0.25) is 0 Å². The standard InChI is InChI=1S/C20H19BO3/c22-21(23)19-11-12-20(24-15-17-9-5-2-6-10-17)18(14-19)13-16-7-3-1-4-8-16/h1-12,14,22-23H,13,15H2. The minimum Gasteiger partial charge on any atom is -0.489 e. The molecule has 0 spiro atoms. The summed E-state index contributed by atoms with van der Waals surface area (Å²) in [6.07, 6.45) is 0.672. The van der Waals surface area contributed by atoms with Gasteiger partial charge in [-0.3, -0.25) is 0 Å². The third kappa shape index (κ3) is 4.25. The maximum Gasteiger partial charge on any atom is 0.488 e. The van der Waals surface area contributed by atoms with Crippen LogP contribution in [0.15, 0.2) is 78.9 Å². The van der Waals surface area contributed by atoms with E-state index in [2.05, 4.69) is 0 Å². The van der Waals surface area contributed by atoms with Crippen LogP contribution in [0.3, 0.4) is 0 Å². The summed E-state index contributed by atoms with van der Waals surface area (Å²) in [7, 11) is -1.48. The van der Waals surface area contributed by atoms with Crippen LogP contribution >= 0.6 is 0 Å². The van der Waals surface area contributed by atoms with E-state index in [9.17, 15) is 10.0 Å². The van der Waals surface area contributed by atoms with E-state index in [-0.39, 0.29) is 0 Å². The van der Waals surface area contributed by atoms with Crippen LogP contribution in [-0.4, -0.2) is 17.2 Å². The van der Waals surface area contributed by atoms with E-state index in [0.29, 0.717) is 18.5 Å². The molecular formula is C20H19BO3. The van der Waals surface area contributed by atoms with E-state index in [1.54, 1.807) is 18.2 Å². The normalized spacial score (nSPS) is 10.4. The van der Waals surface area contributed by atoms with Crippen molar-refractivity contribution in [2.45, 2.75) is 13.0 Å². The molecule has 0 unspecified atom stereocenters. The Hall–Kier alpha value is -2.56. The summed E-state index contributed by atoms with van der Waals surface area (Å²) in [5.41, 5.74) is 3.64. The average Bonchev–Trinajstić information content (AvgIpc) is 2.62. The highest BCUT2D eigenvalue weighted by Gasteiger charge is 2.14. The fraction of sp³-hybridized carbons (Fsp3) is 0.100. The molecule has 3 rings (SSSR count). The van der Waals surface area contributed by atoms with Gasteiger partial charge in [-0.1, -0.05) is 72.8 Å². The third-order valence-corrected chi connectivity index (χ3v) is 3.86. The maximum atomic E-state index is 9.43. The van der Waals surface area contributed by atoms with Crippen LogP contribution in [0.25, 0.3) is 0 Å². The Kier molecular flexibility index (Phi) is 5.31. The summed E-state index contributed by atoms with van der Waals surface area (Å²) in [4.78, 5) is 0. The Labute approximate surface area is 142 Å². The lowest BCUT2D eigenvalue weighted by Gasteiger charge is -2.14. The Morgan fingerprint density at radius 1 is 0.750 bits per heavy atom. The quantitative estimate of drug-likeness (QED) is 0.687. The van der Waals surface area contributed by atoms with Gasteiger partial charge >= 0.3 is 7.12 Å². The first kappa shape index (κ1) is 16.3. The number of rotatable bonds is 6. The van der Waals surface area contributed by atoms with Gasteiger partial charge in [-0.2, -0.15) is 0 Å². The molecule has 0 heterocycles. The Morgan fingerprint density at radius 2 is 1.38 bits per heavy atom. The zero-order valence-electron chi connectivity index (χ0n) is 13.3. The molecule has 24 heavy (non-hydrogen) atoms. The molecular weight excluding hydrogens is 299 g/mol. The molecule has 0 saturated heterocycles. The predicted molar refractivity (Wildman–Crippen MR) is 96.3 cm³/mol. The Balaban J connectivity index is 1.84. The van der Waals surface area contributed by atoms with E-state index in [4.69, 9.17) is 4.74 Å². The second-order valence-corrected chi connectivity index (χ2v) is 5.68. The molecule has 0 amide bonds. The molecule has 4 heteroatoms. The molecule has 0 aliphatic carbocycles. The van der Waals surface area contributed by atoms with Crippen molar-refractivity contribution in [3.05, 3.63) is 95.6 Å². The van der Waals surface area contributed by atoms with Crippen molar-refractivity contribution in [2.75, 3.05) is 0 Å². The van der Waals surface area contributed by atoms with Gasteiger partial charge < -0.3 is 14.8 Å². The number of ether oxygens (including phenoxy) is 1. The van der Waals surface area contributed by atoms with Gasteiger partial charge in [-0.25, -0.2) is 0 Å². The first-order valence-corrected chi connectivity index (χ1v) is 7.92. The minimum atomic E-state index is -1.48. The van der Waals surface area contributed by atoms with Gasteiger partial charge in [-0.05, 0) is 28.2 Å². The molecule has 0 aliphatic heterocycles. The molecule has 0 atom stereocenters. The minimum absolute atomic E-state index is 0.466. The second-order valence-electron chi connectivity index (χ2n) is 5.68. The highest BCUT2D eigenvalue weighted by Crippen LogP contribution is 2.22. The third-order valence-electron chi connectivity index (χ3n) is 3.86. The van der Waals surface area contributed by atoms with Crippen molar-refractivity contribution >= 4 is 12.6 Å². The Bertz CT molecular complexity index is 773. The average molecular weight is 318 g/mol. The van der Waals surface area contributed by atoms with Crippen molar-refractivity contribution in [3.8, 4) is 5.75 Å². The van der Waals surface area contributed by atoms with Crippen LogP contribution < -0.4 is 10.2 Å². The molecule has 0 saturated carbocycles. The van der Waals surface area contributed by atoms with Gasteiger partial charge in [-0.15, -0.1) is 0 Å². The molecule has 0 aromatic heterocycles. The van der Waals surface area contributed by atoms with E-state index in [1.165, 1.54) is 0 Å². The topological polar surface area (TPSA) is 49.7 Å².